The third-order valence-corrected chi connectivity index (χ3v) is 5.35. The van der Waals surface area contributed by atoms with Gasteiger partial charge in [-0.3, -0.25) is 9.52 Å². The van der Waals surface area contributed by atoms with Gasteiger partial charge < -0.3 is 5.11 Å². The molecule has 21 heavy (non-hydrogen) atoms. The normalized spacial score (nSPS) is 11.3. The molecule has 0 spiro atoms. The Hall–Kier alpha value is -2.00. The summed E-state index contributed by atoms with van der Waals surface area (Å²) in [6, 6.07) is 5.04. The largest absolute Gasteiger partial charge is 0.481 e. The zero-order valence-corrected chi connectivity index (χ0v) is 12.0. The average Bonchev–Trinajstić information content (AvgIpc) is 2.81. The van der Waals surface area contributed by atoms with Crippen molar-refractivity contribution in [2.45, 2.75) is 10.6 Å². The van der Waals surface area contributed by atoms with Crippen LogP contribution in [0, 0.1) is 11.6 Å². The van der Waals surface area contributed by atoms with Crippen LogP contribution in [0.4, 0.5) is 14.5 Å². The fourth-order valence-corrected chi connectivity index (χ4v) is 3.93. The predicted molar refractivity (Wildman–Crippen MR) is 72.8 cm³/mol. The summed E-state index contributed by atoms with van der Waals surface area (Å²) < 4.78 is 52.1. The highest BCUT2D eigenvalue weighted by molar-refractivity contribution is 7.94. The third-order valence-electron chi connectivity index (χ3n) is 2.40. The maximum atomic E-state index is 13.4. The van der Waals surface area contributed by atoms with Crippen molar-refractivity contribution in [3.63, 3.8) is 0 Å². The van der Waals surface area contributed by atoms with Gasteiger partial charge in [0.05, 0.1) is 12.1 Å². The molecule has 9 heteroatoms. The number of sulfonamides is 1. The minimum absolute atomic E-state index is 0.150. The van der Waals surface area contributed by atoms with Gasteiger partial charge in [0.25, 0.3) is 10.0 Å². The average molecular weight is 333 g/mol. The van der Waals surface area contributed by atoms with Gasteiger partial charge in [-0.15, -0.1) is 11.3 Å². The summed E-state index contributed by atoms with van der Waals surface area (Å²) in [7, 11) is -4.05. The van der Waals surface area contributed by atoms with Gasteiger partial charge in [-0.05, 0) is 24.3 Å². The van der Waals surface area contributed by atoms with Gasteiger partial charge in [0, 0.05) is 10.9 Å². The summed E-state index contributed by atoms with van der Waals surface area (Å²) in [5.74, 6) is -2.95. The second-order valence-electron chi connectivity index (χ2n) is 4.02. The number of aliphatic carboxylic acids is 1. The molecule has 2 aromatic rings. The highest BCUT2D eigenvalue weighted by Gasteiger charge is 2.19. The first-order chi connectivity index (χ1) is 9.78. The monoisotopic (exact) mass is 333 g/mol. The molecular formula is C12H9F2NO4S2. The quantitative estimate of drug-likeness (QED) is 0.880. The Morgan fingerprint density at radius 3 is 2.57 bits per heavy atom. The number of anilines is 1. The molecule has 0 aliphatic heterocycles. The van der Waals surface area contributed by atoms with Crippen LogP contribution in [0.25, 0.3) is 0 Å². The number of carboxylic acid groups (broad SMARTS) is 1. The van der Waals surface area contributed by atoms with Crippen LogP contribution in [-0.4, -0.2) is 19.5 Å². The molecule has 0 bridgehead atoms. The highest BCUT2D eigenvalue weighted by Crippen LogP contribution is 2.25. The molecule has 1 heterocycles. The van der Waals surface area contributed by atoms with E-state index in [1.54, 1.807) is 0 Å². The van der Waals surface area contributed by atoms with Crippen molar-refractivity contribution in [1.29, 1.82) is 0 Å². The summed E-state index contributed by atoms with van der Waals surface area (Å²) in [6.07, 6.45) is -0.300. The zero-order chi connectivity index (χ0) is 15.6. The van der Waals surface area contributed by atoms with E-state index in [0.29, 0.717) is 10.9 Å². The van der Waals surface area contributed by atoms with Crippen molar-refractivity contribution >= 4 is 33.0 Å². The Kier molecular flexibility index (Phi) is 4.24. The molecule has 0 unspecified atom stereocenters. The van der Waals surface area contributed by atoms with Gasteiger partial charge >= 0.3 is 5.97 Å². The first-order valence-electron chi connectivity index (χ1n) is 5.56. The van der Waals surface area contributed by atoms with Crippen LogP contribution in [-0.2, 0) is 21.2 Å². The molecule has 0 saturated heterocycles. The summed E-state index contributed by atoms with van der Waals surface area (Å²) in [5, 5.41) is 8.63. The van der Waals surface area contributed by atoms with Gasteiger partial charge in [0.1, 0.15) is 15.8 Å². The number of thiophene rings is 1. The van der Waals surface area contributed by atoms with Crippen LogP contribution in [0.2, 0.25) is 0 Å². The van der Waals surface area contributed by atoms with Crippen molar-refractivity contribution in [3.8, 4) is 0 Å². The first-order valence-corrected chi connectivity index (χ1v) is 7.86. The van der Waals surface area contributed by atoms with Crippen LogP contribution >= 0.6 is 11.3 Å². The van der Waals surface area contributed by atoms with Gasteiger partial charge in [0.2, 0.25) is 0 Å². The molecule has 5 nitrogen and oxygen atoms in total. The Morgan fingerprint density at radius 2 is 1.95 bits per heavy atom. The SMILES string of the molecule is O=C(O)Cc1ccc(S(=O)(=O)Nc2ccc(F)cc2F)s1. The second kappa shape index (κ2) is 5.78. The number of halogens is 2. The third kappa shape index (κ3) is 3.76. The van der Waals surface area contributed by atoms with E-state index in [2.05, 4.69) is 0 Å². The number of nitrogens with one attached hydrogen (secondary N) is 1. The van der Waals surface area contributed by atoms with Crippen LogP contribution in [0.1, 0.15) is 4.88 Å². The Balaban J connectivity index is 2.25. The number of hydrogen-bond donors (Lipinski definition) is 2. The van der Waals surface area contributed by atoms with E-state index in [4.69, 9.17) is 5.11 Å². The molecule has 2 N–H and O–H groups in total. The Labute approximate surface area is 122 Å². The first kappa shape index (κ1) is 15.4. The van der Waals surface area contributed by atoms with E-state index >= 15 is 0 Å². The maximum Gasteiger partial charge on any atom is 0.308 e. The lowest BCUT2D eigenvalue weighted by Crippen LogP contribution is -2.12. The number of rotatable bonds is 5. The van der Waals surface area contributed by atoms with E-state index in [0.717, 1.165) is 23.5 Å². The van der Waals surface area contributed by atoms with Gasteiger partial charge in [-0.1, -0.05) is 0 Å². The van der Waals surface area contributed by atoms with Gasteiger partial charge in [0.15, 0.2) is 0 Å². The number of carboxylic acids is 1. The molecule has 1 aromatic heterocycles. The predicted octanol–water partition coefficient (Wildman–Crippen LogP) is 2.45. The number of benzene rings is 1. The fourth-order valence-electron chi connectivity index (χ4n) is 1.51. The minimum atomic E-state index is -4.05. The van der Waals surface area contributed by atoms with Crippen molar-refractivity contribution in [2.75, 3.05) is 4.72 Å². The Bertz CT molecular complexity index is 786. The van der Waals surface area contributed by atoms with Crippen molar-refractivity contribution < 1.29 is 27.1 Å². The van der Waals surface area contributed by atoms with Crippen LogP contribution < -0.4 is 4.72 Å². The molecule has 2 rings (SSSR count). The summed E-state index contributed by atoms with van der Waals surface area (Å²) in [6.45, 7) is 0. The van der Waals surface area contributed by atoms with Gasteiger partial charge in [-0.25, -0.2) is 17.2 Å². The molecule has 112 valence electrons. The smallest absolute Gasteiger partial charge is 0.308 e. The van der Waals surface area contributed by atoms with Crippen LogP contribution in [0.15, 0.2) is 34.5 Å². The van der Waals surface area contributed by atoms with Crippen LogP contribution in [0.3, 0.4) is 0 Å². The lowest BCUT2D eigenvalue weighted by atomic mass is 10.3. The van der Waals surface area contributed by atoms with Crippen molar-refractivity contribution in [1.82, 2.24) is 0 Å². The molecule has 0 radical (unpaired) electrons. The highest BCUT2D eigenvalue weighted by atomic mass is 32.2. The zero-order valence-electron chi connectivity index (χ0n) is 10.3. The summed E-state index contributed by atoms with van der Waals surface area (Å²) in [4.78, 5) is 10.9. The van der Waals surface area contributed by atoms with E-state index in [-0.39, 0.29) is 16.3 Å². The molecule has 0 aliphatic carbocycles. The number of carbonyl (C=O) groups is 1. The lowest BCUT2D eigenvalue weighted by molar-refractivity contribution is -0.136. The molecule has 0 saturated carbocycles. The maximum absolute atomic E-state index is 13.4. The Morgan fingerprint density at radius 1 is 1.24 bits per heavy atom. The number of hydrogen-bond acceptors (Lipinski definition) is 4. The second-order valence-corrected chi connectivity index (χ2v) is 7.10. The lowest BCUT2D eigenvalue weighted by Gasteiger charge is -2.07. The van der Waals surface area contributed by atoms with Gasteiger partial charge in [-0.2, -0.15) is 0 Å². The molecule has 1 aromatic carbocycles. The summed E-state index contributed by atoms with van der Waals surface area (Å²) in [5.41, 5.74) is -0.385. The fraction of sp³-hybridized carbons (Fsp3) is 0.0833. The molecule has 0 fully saturated rings. The minimum Gasteiger partial charge on any atom is -0.481 e. The standard InChI is InChI=1S/C12H9F2NO4S2/c13-7-1-3-10(9(14)5-7)15-21(18,19)12-4-2-8(20-12)6-11(16)17/h1-5,15H,6H2,(H,16,17). The van der Waals surface area contributed by atoms with Crippen LogP contribution in [0.5, 0.6) is 0 Å². The molecule has 0 amide bonds. The molecular weight excluding hydrogens is 324 g/mol. The molecule has 0 aliphatic rings. The van der Waals surface area contributed by atoms with E-state index in [1.807, 2.05) is 4.72 Å². The van der Waals surface area contributed by atoms with Crippen molar-refractivity contribution in [3.05, 3.63) is 46.8 Å². The van der Waals surface area contributed by atoms with Crippen molar-refractivity contribution in [2.24, 2.45) is 0 Å². The molecule has 0 atom stereocenters. The topological polar surface area (TPSA) is 83.5 Å². The van der Waals surface area contributed by atoms with E-state index in [1.165, 1.54) is 12.1 Å². The summed E-state index contributed by atoms with van der Waals surface area (Å²) >= 11 is 0.769. The van der Waals surface area contributed by atoms with E-state index < -0.39 is 27.6 Å². The van der Waals surface area contributed by atoms with E-state index in [9.17, 15) is 22.0 Å².